The Bertz CT molecular complexity index is 1060. The van der Waals surface area contributed by atoms with Gasteiger partial charge < -0.3 is 0 Å². The monoisotopic (exact) mass is 370 g/mol. The summed E-state index contributed by atoms with van der Waals surface area (Å²) in [7, 11) is 0. The zero-order chi connectivity index (χ0) is 18.6. The zero-order valence-corrected chi connectivity index (χ0v) is 15.5. The van der Waals surface area contributed by atoms with Gasteiger partial charge in [0.15, 0.2) is 11.6 Å². The lowest BCUT2D eigenvalue weighted by atomic mass is 10.1. The third-order valence-electron chi connectivity index (χ3n) is 4.61. The number of thioether (sulfide) groups is 1. The fourth-order valence-electron chi connectivity index (χ4n) is 3.13. The van der Waals surface area contributed by atoms with Crippen LogP contribution in [-0.4, -0.2) is 23.1 Å². The summed E-state index contributed by atoms with van der Waals surface area (Å²) in [6.45, 7) is 0. The first-order valence-corrected chi connectivity index (χ1v) is 9.98. The predicted octanol–water partition coefficient (Wildman–Crippen LogP) is 5.79. The van der Waals surface area contributed by atoms with Gasteiger partial charge in [-0.15, -0.1) is 11.8 Å². The molecule has 4 rings (SSSR count). The summed E-state index contributed by atoms with van der Waals surface area (Å²) < 4.78 is 0. The standard InChI is InChI=1S/C24H18O2S/c25-23(21-11-9-17-5-1-3-7-19(17)13-21)15-27-16-24(26)22-12-10-18-6-2-4-8-20(18)14-22/h1-14H,15-16H2. The number of ketones is 2. The summed E-state index contributed by atoms with van der Waals surface area (Å²) in [5, 5.41) is 4.35. The average molecular weight is 370 g/mol. The van der Waals surface area contributed by atoms with Crippen LogP contribution in [0.5, 0.6) is 0 Å². The van der Waals surface area contributed by atoms with Gasteiger partial charge in [0.1, 0.15) is 0 Å². The third kappa shape index (κ3) is 3.93. The molecule has 0 aliphatic rings. The smallest absolute Gasteiger partial charge is 0.172 e. The van der Waals surface area contributed by atoms with Crippen LogP contribution in [0.1, 0.15) is 20.7 Å². The van der Waals surface area contributed by atoms with E-state index in [-0.39, 0.29) is 11.6 Å². The highest BCUT2D eigenvalue weighted by atomic mass is 32.2. The van der Waals surface area contributed by atoms with Crippen molar-refractivity contribution in [3.63, 3.8) is 0 Å². The van der Waals surface area contributed by atoms with Crippen LogP contribution in [0.3, 0.4) is 0 Å². The van der Waals surface area contributed by atoms with E-state index in [1.54, 1.807) is 0 Å². The molecule has 4 aromatic rings. The fraction of sp³-hybridized carbons (Fsp3) is 0.0833. The molecule has 0 amide bonds. The van der Waals surface area contributed by atoms with Crippen molar-refractivity contribution in [1.29, 1.82) is 0 Å². The maximum Gasteiger partial charge on any atom is 0.172 e. The van der Waals surface area contributed by atoms with Crippen LogP contribution in [0, 0.1) is 0 Å². The molecule has 0 spiro atoms. The fourth-order valence-corrected chi connectivity index (χ4v) is 3.93. The van der Waals surface area contributed by atoms with Crippen molar-refractivity contribution in [2.45, 2.75) is 0 Å². The Hall–Kier alpha value is -2.91. The van der Waals surface area contributed by atoms with E-state index in [0.717, 1.165) is 21.5 Å². The van der Waals surface area contributed by atoms with Crippen molar-refractivity contribution < 1.29 is 9.59 Å². The minimum Gasteiger partial charge on any atom is -0.293 e. The number of Topliss-reactive ketones (excluding diaryl/α,β-unsaturated/α-hetero) is 2. The van der Waals surface area contributed by atoms with Gasteiger partial charge in [0.2, 0.25) is 0 Å². The molecule has 0 N–H and O–H groups in total. The van der Waals surface area contributed by atoms with E-state index >= 15 is 0 Å². The maximum atomic E-state index is 12.4. The molecule has 2 nitrogen and oxygen atoms in total. The van der Waals surface area contributed by atoms with E-state index in [0.29, 0.717) is 22.6 Å². The Balaban J connectivity index is 1.39. The summed E-state index contributed by atoms with van der Waals surface area (Å²) in [5.41, 5.74) is 1.39. The number of hydrogen-bond acceptors (Lipinski definition) is 3. The number of hydrogen-bond donors (Lipinski definition) is 0. The topological polar surface area (TPSA) is 34.1 Å². The van der Waals surface area contributed by atoms with Crippen LogP contribution < -0.4 is 0 Å². The molecule has 0 fully saturated rings. The molecule has 4 aromatic carbocycles. The van der Waals surface area contributed by atoms with Gasteiger partial charge in [-0.2, -0.15) is 0 Å². The second-order valence-corrected chi connectivity index (χ2v) is 7.45. The van der Waals surface area contributed by atoms with Gasteiger partial charge in [-0.25, -0.2) is 0 Å². The predicted molar refractivity (Wildman–Crippen MR) is 114 cm³/mol. The second-order valence-electron chi connectivity index (χ2n) is 6.46. The molecule has 0 bridgehead atoms. The van der Waals surface area contributed by atoms with Crippen molar-refractivity contribution in [3.8, 4) is 0 Å². The molecule has 0 unspecified atom stereocenters. The third-order valence-corrected chi connectivity index (χ3v) is 5.54. The number of carbonyl (C=O) groups is 2. The van der Waals surface area contributed by atoms with Gasteiger partial charge in [-0.05, 0) is 33.7 Å². The van der Waals surface area contributed by atoms with Crippen LogP contribution in [0.2, 0.25) is 0 Å². The number of benzene rings is 4. The average Bonchev–Trinajstić information content (AvgIpc) is 2.72. The van der Waals surface area contributed by atoms with Crippen molar-refractivity contribution in [2.24, 2.45) is 0 Å². The van der Waals surface area contributed by atoms with Crippen LogP contribution in [0.25, 0.3) is 21.5 Å². The van der Waals surface area contributed by atoms with E-state index < -0.39 is 0 Å². The van der Waals surface area contributed by atoms with Crippen LogP contribution in [0.15, 0.2) is 84.9 Å². The normalized spacial score (nSPS) is 11.0. The Morgan fingerprint density at radius 1 is 0.556 bits per heavy atom. The first-order chi connectivity index (χ1) is 13.2. The van der Waals surface area contributed by atoms with Gasteiger partial charge in [0.05, 0.1) is 11.5 Å². The molecule has 0 saturated heterocycles. The largest absolute Gasteiger partial charge is 0.293 e. The van der Waals surface area contributed by atoms with Gasteiger partial charge in [-0.1, -0.05) is 72.8 Å². The minimum atomic E-state index is 0.0528. The molecule has 0 radical (unpaired) electrons. The molecular formula is C24H18O2S. The summed E-state index contributed by atoms with van der Waals surface area (Å²) in [6, 6.07) is 27.4. The minimum absolute atomic E-state index is 0.0528. The highest BCUT2D eigenvalue weighted by Gasteiger charge is 2.11. The summed E-state index contributed by atoms with van der Waals surface area (Å²) in [4.78, 5) is 24.9. The summed E-state index contributed by atoms with van der Waals surface area (Å²) in [6.07, 6.45) is 0. The lowest BCUT2D eigenvalue weighted by molar-refractivity contribution is 0.102. The Labute approximate surface area is 162 Å². The molecule has 0 heterocycles. The molecule has 0 aliphatic heterocycles. The number of fused-ring (bicyclic) bond motifs is 2. The molecule has 0 atom stereocenters. The van der Waals surface area contributed by atoms with E-state index in [4.69, 9.17) is 0 Å². The Morgan fingerprint density at radius 3 is 1.41 bits per heavy atom. The Kier molecular flexibility index (Phi) is 5.03. The van der Waals surface area contributed by atoms with Crippen molar-refractivity contribution >= 4 is 44.9 Å². The van der Waals surface area contributed by atoms with Crippen molar-refractivity contribution in [2.75, 3.05) is 11.5 Å². The Morgan fingerprint density at radius 2 is 0.963 bits per heavy atom. The maximum absolute atomic E-state index is 12.4. The van der Waals surface area contributed by atoms with Crippen molar-refractivity contribution in [3.05, 3.63) is 96.1 Å². The molecule has 0 aromatic heterocycles. The van der Waals surface area contributed by atoms with E-state index in [1.165, 1.54) is 11.8 Å². The summed E-state index contributed by atoms with van der Waals surface area (Å²) >= 11 is 1.37. The van der Waals surface area contributed by atoms with Gasteiger partial charge in [-0.3, -0.25) is 9.59 Å². The first-order valence-electron chi connectivity index (χ1n) is 8.82. The molecule has 0 saturated carbocycles. The highest BCUT2D eigenvalue weighted by Crippen LogP contribution is 2.19. The number of rotatable bonds is 6. The van der Waals surface area contributed by atoms with Crippen LogP contribution in [0.4, 0.5) is 0 Å². The van der Waals surface area contributed by atoms with Gasteiger partial charge >= 0.3 is 0 Å². The molecule has 132 valence electrons. The first kappa shape index (κ1) is 17.5. The lowest BCUT2D eigenvalue weighted by Crippen LogP contribution is -2.07. The van der Waals surface area contributed by atoms with E-state index in [1.807, 2.05) is 84.9 Å². The molecule has 0 aliphatic carbocycles. The van der Waals surface area contributed by atoms with Crippen LogP contribution >= 0.6 is 11.8 Å². The number of carbonyl (C=O) groups excluding carboxylic acids is 2. The van der Waals surface area contributed by atoms with E-state index in [9.17, 15) is 9.59 Å². The molecule has 3 heteroatoms. The quantitative estimate of drug-likeness (QED) is 0.403. The van der Waals surface area contributed by atoms with E-state index in [2.05, 4.69) is 0 Å². The zero-order valence-electron chi connectivity index (χ0n) is 14.7. The summed E-state index contributed by atoms with van der Waals surface area (Å²) in [5.74, 6) is 0.712. The highest BCUT2D eigenvalue weighted by molar-refractivity contribution is 8.00. The SMILES string of the molecule is O=C(CSCC(=O)c1ccc2ccccc2c1)c1ccc2ccccc2c1. The van der Waals surface area contributed by atoms with Crippen molar-refractivity contribution in [1.82, 2.24) is 0 Å². The van der Waals surface area contributed by atoms with Crippen LogP contribution in [-0.2, 0) is 0 Å². The van der Waals surface area contributed by atoms with Gasteiger partial charge in [0.25, 0.3) is 0 Å². The van der Waals surface area contributed by atoms with Gasteiger partial charge in [0, 0.05) is 11.1 Å². The lowest BCUT2D eigenvalue weighted by Gasteiger charge is -2.05. The molecular weight excluding hydrogens is 352 g/mol. The molecule has 27 heavy (non-hydrogen) atoms. The second kappa shape index (κ2) is 7.77.